The van der Waals surface area contributed by atoms with Gasteiger partial charge in [-0.2, -0.15) is 0 Å². The van der Waals surface area contributed by atoms with Gasteiger partial charge in [0.25, 0.3) is 0 Å². The van der Waals surface area contributed by atoms with Gasteiger partial charge in [0.15, 0.2) is 17.5 Å². The third kappa shape index (κ3) is 5.22. The van der Waals surface area contributed by atoms with Gasteiger partial charge in [0.2, 0.25) is 0 Å². The lowest BCUT2D eigenvalue weighted by Gasteiger charge is -2.13. The van der Waals surface area contributed by atoms with Gasteiger partial charge >= 0.3 is 5.97 Å². The van der Waals surface area contributed by atoms with Crippen molar-refractivity contribution in [1.82, 2.24) is 0 Å². The Morgan fingerprint density at radius 2 is 1.84 bits per heavy atom. The molecule has 0 aliphatic rings. The molecule has 0 heterocycles. The maximum absolute atomic E-state index is 14.4. The van der Waals surface area contributed by atoms with Crippen LogP contribution >= 0.6 is 0 Å². The Morgan fingerprint density at radius 3 is 2.52 bits per heavy atom. The number of halogens is 3. The van der Waals surface area contributed by atoms with Crippen molar-refractivity contribution in [1.29, 1.82) is 0 Å². The van der Waals surface area contributed by atoms with Gasteiger partial charge in [0.05, 0.1) is 13.7 Å². The Balaban J connectivity index is 2.04. The Bertz CT molecular complexity index is 723. The van der Waals surface area contributed by atoms with Crippen LogP contribution in [-0.4, -0.2) is 13.1 Å². The third-order valence-electron chi connectivity index (χ3n) is 3.54. The number of benzene rings is 2. The zero-order valence-corrected chi connectivity index (χ0v) is 13.7. The lowest BCUT2D eigenvalue weighted by molar-refractivity contribution is -0.140. The van der Waals surface area contributed by atoms with E-state index in [1.165, 1.54) is 7.11 Å². The summed E-state index contributed by atoms with van der Waals surface area (Å²) in [5.74, 6) is -3.95. The van der Waals surface area contributed by atoms with E-state index in [1.54, 1.807) is 24.3 Å². The molecule has 0 unspecified atom stereocenters. The summed E-state index contributed by atoms with van der Waals surface area (Å²) in [6.07, 6.45) is 0.368. The second-order valence-corrected chi connectivity index (χ2v) is 5.33. The summed E-state index contributed by atoms with van der Waals surface area (Å²) in [6, 6.07) is 9.74. The zero-order valence-electron chi connectivity index (χ0n) is 13.7. The standard InChI is InChI=1S/C18H18F3NO3/c1-24-15(23)9-5-8-13-10-14(19)17(21)18(16(13)20)22-25-11-12-6-3-2-4-7-12/h2-4,6-7,10,22H,5,8-9,11H2,1H3. The first-order valence-electron chi connectivity index (χ1n) is 7.67. The number of carbonyl (C=O) groups excluding carboxylic acids is 1. The number of hydrogen-bond acceptors (Lipinski definition) is 4. The van der Waals surface area contributed by atoms with Crippen LogP contribution in [0.5, 0.6) is 0 Å². The molecule has 1 N–H and O–H groups in total. The minimum atomic E-state index is -1.36. The number of anilines is 1. The van der Waals surface area contributed by atoms with Crippen LogP contribution in [0.3, 0.4) is 0 Å². The summed E-state index contributed by atoms with van der Waals surface area (Å²) in [4.78, 5) is 16.1. The van der Waals surface area contributed by atoms with Crippen LogP contribution in [0.4, 0.5) is 18.9 Å². The second-order valence-electron chi connectivity index (χ2n) is 5.33. The topological polar surface area (TPSA) is 47.6 Å². The molecule has 2 aromatic rings. The van der Waals surface area contributed by atoms with Crippen molar-refractivity contribution in [2.45, 2.75) is 25.9 Å². The molecule has 0 aromatic heterocycles. The van der Waals surface area contributed by atoms with Crippen molar-refractivity contribution in [2.75, 3.05) is 12.6 Å². The van der Waals surface area contributed by atoms with E-state index in [9.17, 15) is 18.0 Å². The molecule has 134 valence electrons. The molecule has 0 bridgehead atoms. The Hall–Kier alpha value is -2.54. The van der Waals surface area contributed by atoms with Crippen molar-refractivity contribution in [3.05, 3.63) is 65.0 Å². The number of aryl methyl sites for hydroxylation is 1. The van der Waals surface area contributed by atoms with Gasteiger partial charge in [-0.25, -0.2) is 13.2 Å². The Labute approximate surface area is 143 Å². The molecule has 7 heteroatoms. The molecule has 0 spiro atoms. The van der Waals surface area contributed by atoms with Gasteiger partial charge in [-0.3, -0.25) is 15.1 Å². The largest absolute Gasteiger partial charge is 0.469 e. The maximum atomic E-state index is 14.4. The first-order chi connectivity index (χ1) is 12.0. The zero-order chi connectivity index (χ0) is 18.2. The first kappa shape index (κ1) is 18.8. The highest BCUT2D eigenvalue weighted by Gasteiger charge is 2.19. The third-order valence-corrected chi connectivity index (χ3v) is 3.54. The fourth-order valence-corrected chi connectivity index (χ4v) is 2.22. The highest BCUT2D eigenvalue weighted by atomic mass is 19.2. The molecular formula is C18H18F3NO3. The summed E-state index contributed by atoms with van der Waals surface area (Å²) >= 11 is 0. The Morgan fingerprint density at radius 1 is 1.12 bits per heavy atom. The fraction of sp³-hybridized carbons (Fsp3) is 0.278. The highest BCUT2D eigenvalue weighted by molar-refractivity contribution is 5.69. The summed E-state index contributed by atoms with van der Waals surface area (Å²) in [6.45, 7) is 0.0495. The number of nitrogens with one attached hydrogen (secondary N) is 1. The lowest BCUT2D eigenvalue weighted by atomic mass is 10.1. The molecule has 0 radical (unpaired) electrons. The van der Waals surface area contributed by atoms with E-state index in [0.717, 1.165) is 11.6 Å². The number of ether oxygens (including phenoxy) is 1. The summed E-state index contributed by atoms with van der Waals surface area (Å²) in [5, 5.41) is 0. The molecule has 0 atom stereocenters. The SMILES string of the molecule is COC(=O)CCCc1cc(F)c(F)c(NOCc2ccccc2)c1F. The predicted octanol–water partition coefficient (Wildman–Crippen LogP) is 4.14. The number of hydrogen-bond donors (Lipinski definition) is 1. The van der Waals surface area contributed by atoms with E-state index in [0.29, 0.717) is 0 Å². The molecule has 2 rings (SSSR count). The van der Waals surface area contributed by atoms with Crippen LogP contribution in [-0.2, 0) is 27.4 Å². The molecule has 4 nitrogen and oxygen atoms in total. The van der Waals surface area contributed by atoms with E-state index >= 15 is 0 Å². The average molecular weight is 353 g/mol. The van der Waals surface area contributed by atoms with Gasteiger partial charge in [-0.05, 0) is 30.0 Å². The van der Waals surface area contributed by atoms with Crippen molar-refractivity contribution >= 4 is 11.7 Å². The van der Waals surface area contributed by atoms with Crippen molar-refractivity contribution in [3.63, 3.8) is 0 Å². The fourth-order valence-electron chi connectivity index (χ4n) is 2.22. The summed E-state index contributed by atoms with van der Waals surface area (Å²) in [7, 11) is 1.24. The van der Waals surface area contributed by atoms with Crippen LogP contribution in [0.25, 0.3) is 0 Å². The average Bonchev–Trinajstić information content (AvgIpc) is 2.63. The van der Waals surface area contributed by atoms with Gasteiger partial charge in [0.1, 0.15) is 5.69 Å². The minimum absolute atomic E-state index is 0.0476. The quantitative estimate of drug-likeness (QED) is 0.440. The van der Waals surface area contributed by atoms with Gasteiger partial charge in [-0.1, -0.05) is 30.3 Å². The van der Waals surface area contributed by atoms with Gasteiger partial charge in [0, 0.05) is 6.42 Å². The first-order valence-corrected chi connectivity index (χ1v) is 7.67. The number of carbonyl (C=O) groups is 1. The molecule has 0 saturated carbocycles. The second kappa shape index (κ2) is 9.08. The highest BCUT2D eigenvalue weighted by Crippen LogP contribution is 2.26. The minimum Gasteiger partial charge on any atom is -0.469 e. The van der Waals surface area contributed by atoms with E-state index in [2.05, 4.69) is 10.2 Å². The molecular weight excluding hydrogens is 335 g/mol. The van der Waals surface area contributed by atoms with E-state index in [1.807, 2.05) is 6.07 Å². The molecule has 25 heavy (non-hydrogen) atoms. The van der Waals surface area contributed by atoms with Crippen LogP contribution < -0.4 is 5.48 Å². The van der Waals surface area contributed by atoms with Crippen LogP contribution in [0.1, 0.15) is 24.0 Å². The number of esters is 1. The van der Waals surface area contributed by atoms with E-state index < -0.39 is 29.1 Å². The molecule has 2 aromatic carbocycles. The molecule has 0 aliphatic carbocycles. The van der Waals surface area contributed by atoms with Crippen molar-refractivity contribution < 1.29 is 27.5 Å². The number of methoxy groups -OCH3 is 1. The molecule has 0 fully saturated rings. The monoisotopic (exact) mass is 353 g/mol. The smallest absolute Gasteiger partial charge is 0.305 e. The van der Waals surface area contributed by atoms with Crippen LogP contribution in [0, 0.1) is 17.5 Å². The van der Waals surface area contributed by atoms with Gasteiger partial charge < -0.3 is 4.74 Å². The molecule has 0 aliphatic heterocycles. The van der Waals surface area contributed by atoms with Gasteiger partial charge in [-0.15, -0.1) is 0 Å². The van der Waals surface area contributed by atoms with E-state index in [4.69, 9.17) is 4.84 Å². The summed E-state index contributed by atoms with van der Waals surface area (Å²) in [5.41, 5.74) is 2.18. The van der Waals surface area contributed by atoms with Crippen LogP contribution in [0.15, 0.2) is 36.4 Å². The number of rotatable bonds is 8. The normalized spacial score (nSPS) is 10.6. The van der Waals surface area contributed by atoms with Crippen molar-refractivity contribution in [3.8, 4) is 0 Å². The van der Waals surface area contributed by atoms with Crippen LogP contribution in [0.2, 0.25) is 0 Å². The summed E-state index contributed by atoms with van der Waals surface area (Å²) < 4.78 is 46.4. The molecule has 0 saturated heterocycles. The van der Waals surface area contributed by atoms with E-state index in [-0.39, 0.29) is 31.4 Å². The predicted molar refractivity (Wildman–Crippen MR) is 86.1 cm³/mol. The molecule has 0 amide bonds. The Kier molecular flexibility index (Phi) is 6.82. The lowest BCUT2D eigenvalue weighted by Crippen LogP contribution is -2.09. The maximum Gasteiger partial charge on any atom is 0.305 e. The van der Waals surface area contributed by atoms with Crippen molar-refractivity contribution in [2.24, 2.45) is 0 Å².